The van der Waals surface area contributed by atoms with Gasteiger partial charge in [-0.1, -0.05) is 58.9 Å². The molecule has 3 aromatic rings. The number of aromatic nitrogens is 2. The Hall–Kier alpha value is -2.62. The van der Waals surface area contributed by atoms with E-state index in [1.807, 2.05) is 6.07 Å². The predicted molar refractivity (Wildman–Crippen MR) is 126 cm³/mol. The van der Waals surface area contributed by atoms with Gasteiger partial charge < -0.3 is 9.67 Å². The van der Waals surface area contributed by atoms with Crippen molar-refractivity contribution in [2.45, 2.75) is 72.3 Å². The van der Waals surface area contributed by atoms with Gasteiger partial charge in [-0.15, -0.1) is 0 Å². The average molecular weight is 419 g/mol. The number of aromatic carboxylic acids is 1. The molecule has 31 heavy (non-hydrogen) atoms. The van der Waals surface area contributed by atoms with Crippen LogP contribution in [0.3, 0.4) is 0 Å². The molecule has 0 spiro atoms. The number of carboxylic acid groups (broad SMARTS) is 1. The van der Waals surface area contributed by atoms with E-state index in [-0.39, 0.29) is 5.41 Å². The molecule has 1 aromatic heterocycles. The Morgan fingerprint density at radius 1 is 1.16 bits per heavy atom. The number of nitrogens with zero attached hydrogens (tertiary/aromatic N) is 2. The first-order chi connectivity index (χ1) is 14.6. The highest BCUT2D eigenvalue weighted by Gasteiger charge is 2.34. The second-order valence-electron chi connectivity index (χ2n) is 10.5. The molecule has 2 atom stereocenters. The van der Waals surface area contributed by atoms with Crippen LogP contribution in [-0.4, -0.2) is 20.6 Å². The smallest absolute Gasteiger partial charge is 0.335 e. The lowest BCUT2D eigenvalue weighted by Gasteiger charge is -2.40. The van der Waals surface area contributed by atoms with Crippen LogP contribution in [0.4, 0.5) is 0 Å². The van der Waals surface area contributed by atoms with Gasteiger partial charge in [0, 0.05) is 12.5 Å². The van der Waals surface area contributed by atoms with Gasteiger partial charge in [-0.3, -0.25) is 0 Å². The topological polar surface area (TPSA) is 55.1 Å². The highest BCUT2D eigenvalue weighted by atomic mass is 16.4. The van der Waals surface area contributed by atoms with Gasteiger partial charge in [0.2, 0.25) is 0 Å². The molecule has 1 saturated carbocycles. The number of carbonyl (C=O) groups is 1. The summed E-state index contributed by atoms with van der Waals surface area (Å²) in [5.41, 5.74) is 4.99. The van der Waals surface area contributed by atoms with Crippen LogP contribution >= 0.6 is 0 Å². The molecular weight excluding hydrogens is 384 g/mol. The van der Waals surface area contributed by atoms with Gasteiger partial charge in [0.1, 0.15) is 5.82 Å². The third kappa shape index (κ3) is 4.53. The van der Waals surface area contributed by atoms with Crippen molar-refractivity contribution >= 4 is 17.0 Å². The van der Waals surface area contributed by atoms with Crippen LogP contribution in [0.2, 0.25) is 0 Å². The summed E-state index contributed by atoms with van der Waals surface area (Å²) in [6.07, 6.45) is 4.24. The third-order valence-corrected chi connectivity index (χ3v) is 6.75. The number of hydrogen-bond acceptors (Lipinski definition) is 2. The Bertz CT molecular complexity index is 1090. The maximum atomic E-state index is 11.5. The van der Waals surface area contributed by atoms with E-state index in [1.165, 1.54) is 17.5 Å². The molecule has 164 valence electrons. The van der Waals surface area contributed by atoms with Crippen molar-refractivity contribution in [2.24, 2.45) is 11.3 Å². The molecule has 0 radical (unpaired) electrons. The Morgan fingerprint density at radius 2 is 1.87 bits per heavy atom. The number of carboxylic acids is 1. The monoisotopic (exact) mass is 418 g/mol. The van der Waals surface area contributed by atoms with Crippen molar-refractivity contribution in [1.82, 2.24) is 9.55 Å². The summed E-state index contributed by atoms with van der Waals surface area (Å²) in [6, 6.07) is 14.6. The molecule has 1 aliphatic carbocycles. The zero-order valence-electron chi connectivity index (χ0n) is 19.4. The molecule has 1 aliphatic rings. The van der Waals surface area contributed by atoms with Crippen LogP contribution in [0, 0.1) is 11.3 Å². The molecule has 0 aliphatic heterocycles. The molecule has 2 unspecified atom stereocenters. The lowest BCUT2D eigenvalue weighted by molar-refractivity contribution is 0.0697. The summed E-state index contributed by atoms with van der Waals surface area (Å²) in [6.45, 7) is 11.5. The summed E-state index contributed by atoms with van der Waals surface area (Å²) in [7, 11) is 0. The summed E-state index contributed by atoms with van der Waals surface area (Å²) in [5.74, 6) is 1.29. The van der Waals surface area contributed by atoms with Crippen molar-refractivity contribution in [1.29, 1.82) is 0 Å². The van der Waals surface area contributed by atoms with E-state index in [4.69, 9.17) is 4.98 Å². The van der Waals surface area contributed by atoms with E-state index in [9.17, 15) is 9.90 Å². The maximum absolute atomic E-state index is 11.5. The van der Waals surface area contributed by atoms with E-state index in [0.29, 0.717) is 23.4 Å². The first-order valence-corrected chi connectivity index (χ1v) is 11.5. The fourth-order valence-corrected chi connectivity index (χ4v) is 5.51. The van der Waals surface area contributed by atoms with Gasteiger partial charge in [-0.25, -0.2) is 9.78 Å². The van der Waals surface area contributed by atoms with Gasteiger partial charge >= 0.3 is 5.97 Å². The normalized spacial score (nSPS) is 21.0. The van der Waals surface area contributed by atoms with Crippen LogP contribution in [-0.2, 0) is 6.42 Å². The van der Waals surface area contributed by atoms with E-state index in [1.54, 1.807) is 12.1 Å². The van der Waals surface area contributed by atoms with Gasteiger partial charge in [-0.2, -0.15) is 0 Å². The number of rotatable bonds is 5. The lowest BCUT2D eigenvalue weighted by atomic mass is 9.70. The fraction of sp³-hybridized carbons (Fsp3) is 0.481. The van der Waals surface area contributed by atoms with Crippen LogP contribution in [0.5, 0.6) is 0 Å². The molecule has 0 amide bonds. The molecule has 0 bridgehead atoms. The molecular formula is C27H34N2O2. The zero-order chi connectivity index (χ0) is 22.3. The lowest BCUT2D eigenvalue weighted by Crippen LogP contribution is -2.30. The van der Waals surface area contributed by atoms with Crippen molar-refractivity contribution in [3.05, 3.63) is 65.0 Å². The highest BCUT2D eigenvalue weighted by Crippen LogP contribution is 2.45. The van der Waals surface area contributed by atoms with Gasteiger partial charge in [0.25, 0.3) is 0 Å². The summed E-state index contributed by atoms with van der Waals surface area (Å²) in [4.78, 5) is 16.5. The van der Waals surface area contributed by atoms with Crippen molar-refractivity contribution in [3.8, 4) is 0 Å². The molecule has 4 nitrogen and oxygen atoms in total. The molecule has 4 heteroatoms. The van der Waals surface area contributed by atoms with E-state index < -0.39 is 5.97 Å². The number of benzene rings is 2. The second-order valence-corrected chi connectivity index (χ2v) is 10.5. The predicted octanol–water partition coefficient (Wildman–Crippen LogP) is 6.84. The first kappa shape index (κ1) is 21.6. The summed E-state index contributed by atoms with van der Waals surface area (Å²) >= 11 is 0. The maximum Gasteiger partial charge on any atom is 0.335 e. The van der Waals surface area contributed by atoms with Crippen LogP contribution in [0.1, 0.15) is 93.2 Å². The van der Waals surface area contributed by atoms with E-state index in [0.717, 1.165) is 36.1 Å². The van der Waals surface area contributed by atoms with Crippen molar-refractivity contribution in [3.63, 3.8) is 0 Å². The minimum absolute atomic E-state index is 0.288. The second kappa shape index (κ2) is 8.14. The molecule has 1 heterocycles. The number of imidazole rings is 1. The molecule has 0 saturated heterocycles. The number of hydrogen-bond donors (Lipinski definition) is 1. The molecule has 1 fully saturated rings. The summed E-state index contributed by atoms with van der Waals surface area (Å²) < 4.78 is 2.41. The third-order valence-electron chi connectivity index (χ3n) is 6.75. The Morgan fingerprint density at radius 3 is 2.48 bits per heavy atom. The van der Waals surface area contributed by atoms with Gasteiger partial charge in [-0.05, 0) is 65.8 Å². The van der Waals surface area contributed by atoms with Crippen LogP contribution in [0.15, 0.2) is 42.5 Å². The first-order valence-electron chi connectivity index (χ1n) is 11.5. The largest absolute Gasteiger partial charge is 0.478 e. The van der Waals surface area contributed by atoms with Gasteiger partial charge in [0.15, 0.2) is 0 Å². The van der Waals surface area contributed by atoms with Gasteiger partial charge in [0.05, 0.1) is 16.6 Å². The fourth-order valence-electron chi connectivity index (χ4n) is 5.51. The molecule has 1 N–H and O–H groups in total. The molecule has 2 aromatic carbocycles. The van der Waals surface area contributed by atoms with E-state index >= 15 is 0 Å². The van der Waals surface area contributed by atoms with E-state index in [2.05, 4.69) is 63.5 Å². The minimum atomic E-state index is -0.908. The minimum Gasteiger partial charge on any atom is -0.478 e. The standard InChI is InChI=1S/C27H34N2O2/c1-17(2)20-8-6-19(7-9-20)13-25-28-23-14-21(26(30)31)10-11-24(23)29(25)22-12-18(3)15-27(4,5)16-22/h6-11,14,17-18,22H,12-13,15-16H2,1-5H3,(H,30,31). The van der Waals surface area contributed by atoms with Crippen molar-refractivity contribution in [2.75, 3.05) is 0 Å². The zero-order valence-corrected chi connectivity index (χ0v) is 19.4. The SMILES string of the molecule is CC1CC(n2c(Cc3ccc(C(C)C)cc3)nc3cc(C(=O)O)ccc32)CC(C)(C)C1. The van der Waals surface area contributed by atoms with Crippen molar-refractivity contribution < 1.29 is 9.90 Å². The Labute approximate surface area is 185 Å². The quantitative estimate of drug-likeness (QED) is 0.494. The highest BCUT2D eigenvalue weighted by molar-refractivity contribution is 5.92. The Kier molecular flexibility index (Phi) is 5.67. The van der Waals surface area contributed by atoms with Crippen LogP contribution in [0.25, 0.3) is 11.0 Å². The Balaban J connectivity index is 1.78. The molecule has 4 rings (SSSR count). The average Bonchev–Trinajstić information content (AvgIpc) is 3.03. The summed E-state index contributed by atoms with van der Waals surface area (Å²) in [5, 5.41) is 9.44. The number of fused-ring (bicyclic) bond motifs is 1. The van der Waals surface area contributed by atoms with Crippen LogP contribution < -0.4 is 0 Å².